The number of rotatable bonds is 17. The Kier molecular flexibility index (Phi) is 13.7. The number of furan rings is 1. The van der Waals surface area contributed by atoms with E-state index in [1.165, 1.54) is 30.6 Å². The number of nitrogens with one attached hydrogen (secondary N) is 3. The molecule has 22 heteroatoms. The van der Waals surface area contributed by atoms with Crippen LogP contribution >= 0.6 is 23.8 Å². The van der Waals surface area contributed by atoms with E-state index >= 15 is 4.39 Å². The predicted molar refractivity (Wildman–Crippen MR) is 226 cm³/mol. The van der Waals surface area contributed by atoms with E-state index in [2.05, 4.69) is 36.4 Å². The summed E-state index contributed by atoms with van der Waals surface area (Å²) in [6, 6.07) is 5.09. The van der Waals surface area contributed by atoms with Gasteiger partial charge in [0.15, 0.2) is 28.6 Å². The Morgan fingerprint density at radius 3 is 2.54 bits per heavy atom. The van der Waals surface area contributed by atoms with E-state index in [-0.39, 0.29) is 60.2 Å². The number of carboxylic acid groups (broad SMARTS) is 1. The number of amides is 3. The fourth-order valence-electron chi connectivity index (χ4n) is 10.9. The summed E-state index contributed by atoms with van der Waals surface area (Å²) < 4.78 is 53.2. The number of hydrogen-bond acceptors (Lipinski definition) is 13. The van der Waals surface area contributed by atoms with E-state index in [0.717, 1.165) is 0 Å². The normalized spacial score (nSPS) is 31.7. The lowest BCUT2D eigenvalue weighted by atomic mass is 9.44. The summed E-state index contributed by atoms with van der Waals surface area (Å²) in [5.74, 6) is -5.64. The van der Waals surface area contributed by atoms with Gasteiger partial charge in [0.25, 0.3) is 0 Å². The molecule has 0 radical (unpaired) electrons. The van der Waals surface area contributed by atoms with E-state index in [0.29, 0.717) is 23.1 Å². The monoisotopic (exact) mass is 993 g/mol. The second-order valence-corrected chi connectivity index (χ2v) is 19.4. The number of aliphatic carboxylic acids is 1. The molecule has 4 aliphatic carbocycles. The van der Waals surface area contributed by atoms with Gasteiger partial charge in [-0.1, -0.05) is 46.6 Å². The van der Waals surface area contributed by atoms with Gasteiger partial charge >= 0.3 is 13.8 Å². The van der Waals surface area contributed by atoms with Gasteiger partial charge in [0.05, 0.1) is 37.0 Å². The zero-order valence-electron chi connectivity index (χ0n) is 35.3. The first-order chi connectivity index (χ1) is 30.6. The Hall–Kier alpha value is -4.44. The lowest BCUT2D eigenvalue weighted by molar-refractivity contribution is -0.232. The number of halogens is 2. The maximum absolute atomic E-state index is 17.9. The average molecular weight is 995 g/mol. The molecule has 2 heterocycles. The number of anilines is 1. The summed E-state index contributed by atoms with van der Waals surface area (Å²) in [4.78, 5) is 94.3. The number of fused-ring (bicyclic) bond motifs is 7. The van der Waals surface area contributed by atoms with E-state index in [1.807, 2.05) is 0 Å². The van der Waals surface area contributed by atoms with E-state index in [1.54, 1.807) is 32.0 Å². The smallest absolute Gasteiger partial charge is 0.470 e. The van der Waals surface area contributed by atoms with Crippen LogP contribution in [0.5, 0.6) is 0 Å². The van der Waals surface area contributed by atoms with Crippen molar-refractivity contribution in [3.63, 3.8) is 0 Å². The molecule has 8 N–H and O–H groups in total. The minimum absolute atomic E-state index is 0.0550. The van der Waals surface area contributed by atoms with Crippen LogP contribution in [0, 0.1) is 22.7 Å². The molecule has 0 spiro atoms. The van der Waals surface area contributed by atoms with Gasteiger partial charge in [0, 0.05) is 40.8 Å². The van der Waals surface area contributed by atoms with Gasteiger partial charge in [-0.3, -0.25) is 33.3 Å². The SMILES string of the molecule is C[C@]12C=CC(=O)C=C1CC[C@H]1[C@@H]3C[C@H]4O[C@@H](c5cc(Cc6ccc(NC(=O)[C@H](CCC(=O)O)NC(=O)CNC(=O)CBr)c(CO)c6)co5)O[C@@]4(C(=O)COP(=O)(O)O)[C@@]3(C)C[C@H](O)[C@@]12F. The molecule has 5 aliphatic rings. The lowest BCUT2D eigenvalue weighted by Gasteiger charge is -2.62. The molecule has 1 aromatic carbocycles. The Labute approximate surface area is 379 Å². The van der Waals surface area contributed by atoms with Crippen molar-refractivity contribution in [1.29, 1.82) is 0 Å². The average Bonchev–Trinajstić information content (AvgIpc) is 3.94. The van der Waals surface area contributed by atoms with Crippen LogP contribution in [0.1, 0.15) is 81.1 Å². The van der Waals surface area contributed by atoms with Crippen LogP contribution in [0.15, 0.2) is 58.7 Å². The highest BCUT2D eigenvalue weighted by Crippen LogP contribution is 2.72. The van der Waals surface area contributed by atoms with Crippen molar-refractivity contribution in [2.75, 3.05) is 23.8 Å². The molecule has 352 valence electrons. The number of Topliss-reactive ketones (excluding diaryl/α,β-unsaturated/α-hetero) is 1. The summed E-state index contributed by atoms with van der Waals surface area (Å²) in [6.07, 6.45) is 1.44. The van der Waals surface area contributed by atoms with Crippen molar-refractivity contribution in [3.8, 4) is 0 Å². The van der Waals surface area contributed by atoms with Crippen molar-refractivity contribution in [3.05, 3.63) is 76.8 Å². The van der Waals surface area contributed by atoms with Crippen LogP contribution < -0.4 is 16.0 Å². The molecule has 10 atom stereocenters. The standard InChI is InChI=1S/C43H50BrFN3O16P/c1-40-10-9-26(50)14-25(40)4-5-27-28-15-34-43(33(52)21-62-65(58,59)60,41(28,2)16-32(51)42(27,40)45)64-39(63-34)31-13-23(20-61-31)11-22-3-6-29(24(12-22)19-49)48-38(57)30(7-8-37(55)56)47-36(54)18-46-35(53)17-44/h3,6,9-10,12-14,20,27-28,30,32,34,39,49,51H,4-5,7-8,11,15-19,21H2,1-2H3,(H,46,53)(H,47,54)(H,48,57)(H,55,56)(H2,58,59,60)/t27-,28-,30-,32-,34+,39+,40-,41-,42-,43+/m0/s1. The van der Waals surface area contributed by atoms with Crippen LogP contribution in [0.3, 0.4) is 0 Å². The maximum Gasteiger partial charge on any atom is 0.470 e. The largest absolute Gasteiger partial charge is 0.481 e. The lowest BCUT2D eigenvalue weighted by Crippen LogP contribution is -2.69. The van der Waals surface area contributed by atoms with E-state index in [4.69, 9.17) is 13.9 Å². The minimum Gasteiger partial charge on any atom is -0.481 e. The highest BCUT2D eigenvalue weighted by molar-refractivity contribution is 9.09. The summed E-state index contributed by atoms with van der Waals surface area (Å²) in [5, 5.41) is 38.7. The van der Waals surface area contributed by atoms with Gasteiger partial charge in [0.1, 0.15) is 12.6 Å². The Morgan fingerprint density at radius 2 is 1.85 bits per heavy atom. The summed E-state index contributed by atoms with van der Waals surface area (Å²) in [5.41, 5.74) is -4.62. The van der Waals surface area contributed by atoms with E-state index < -0.39 is 122 Å². The molecule has 65 heavy (non-hydrogen) atoms. The molecule has 1 aliphatic heterocycles. The number of aliphatic hydroxyl groups is 2. The van der Waals surface area contributed by atoms with Crippen molar-refractivity contribution in [1.82, 2.24) is 10.6 Å². The van der Waals surface area contributed by atoms with Crippen molar-refractivity contribution in [2.45, 2.75) is 101 Å². The molecular formula is C43H50BrFN3O16P. The van der Waals surface area contributed by atoms with Gasteiger partial charge < -0.3 is 54.9 Å². The number of phosphoric acid groups is 1. The quantitative estimate of drug-likeness (QED) is 0.0835. The summed E-state index contributed by atoms with van der Waals surface area (Å²) in [7, 11) is -5.15. The summed E-state index contributed by atoms with van der Waals surface area (Å²) >= 11 is 2.96. The number of benzene rings is 1. The van der Waals surface area contributed by atoms with Gasteiger partial charge in [-0.2, -0.15) is 0 Å². The number of carboxylic acids is 1. The molecule has 7 rings (SSSR count). The molecule has 0 bridgehead atoms. The van der Waals surface area contributed by atoms with Crippen LogP contribution in [-0.4, -0.2) is 108 Å². The van der Waals surface area contributed by atoms with Gasteiger partial charge in [0.2, 0.25) is 24.0 Å². The molecule has 1 aromatic heterocycles. The zero-order valence-corrected chi connectivity index (χ0v) is 37.8. The molecule has 0 unspecified atom stereocenters. The second kappa shape index (κ2) is 18.3. The molecule has 2 aromatic rings. The number of carbonyl (C=O) groups excluding carboxylic acids is 5. The highest BCUT2D eigenvalue weighted by atomic mass is 79.9. The Balaban J connectivity index is 1.09. The number of phosphoric ester groups is 1. The number of carbonyl (C=O) groups is 6. The van der Waals surface area contributed by atoms with E-state index in [9.17, 15) is 58.4 Å². The third kappa shape index (κ3) is 8.94. The topological polar surface area (TPSA) is 298 Å². The molecule has 1 saturated heterocycles. The number of ketones is 2. The van der Waals surface area contributed by atoms with Crippen LogP contribution in [-0.2, 0) is 60.4 Å². The fourth-order valence-corrected chi connectivity index (χ4v) is 11.4. The summed E-state index contributed by atoms with van der Waals surface area (Å²) in [6.45, 7) is 1.30. The van der Waals surface area contributed by atoms with Gasteiger partial charge in [-0.15, -0.1) is 0 Å². The molecular weight excluding hydrogens is 944 g/mol. The van der Waals surface area contributed by atoms with Crippen molar-refractivity contribution in [2.24, 2.45) is 22.7 Å². The van der Waals surface area contributed by atoms with Crippen LogP contribution in [0.25, 0.3) is 0 Å². The first-order valence-electron chi connectivity index (χ1n) is 20.9. The third-order valence-corrected chi connectivity index (χ3v) is 14.9. The second-order valence-electron chi connectivity index (χ2n) is 17.6. The first-order valence-corrected chi connectivity index (χ1v) is 23.6. The number of hydrogen-bond donors (Lipinski definition) is 8. The molecule has 3 amide bonds. The first kappa shape index (κ1) is 48.5. The highest BCUT2D eigenvalue weighted by Gasteiger charge is 2.79. The Morgan fingerprint density at radius 1 is 1.09 bits per heavy atom. The molecule has 19 nitrogen and oxygen atoms in total. The number of alkyl halides is 2. The number of aliphatic hydroxyl groups excluding tert-OH is 2. The van der Waals surface area contributed by atoms with Crippen molar-refractivity contribution >= 4 is 64.7 Å². The number of ether oxygens (including phenoxy) is 2. The predicted octanol–water partition coefficient (Wildman–Crippen LogP) is 2.97. The van der Waals surface area contributed by atoms with Crippen molar-refractivity contribution < 1.29 is 81.2 Å². The Bertz CT molecular complexity index is 2390. The fraction of sp³-hybridized carbons (Fsp3) is 0.535. The zero-order chi connectivity index (χ0) is 47.3. The third-order valence-electron chi connectivity index (χ3n) is 13.9. The molecule has 3 saturated carbocycles. The van der Waals surface area contributed by atoms with Gasteiger partial charge in [-0.05, 0) is 80.4 Å². The maximum atomic E-state index is 17.9. The van der Waals surface area contributed by atoms with Crippen LogP contribution in [0.4, 0.5) is 10.1 Å². The number of allylic oxidation sites excluding steroid dienone is 4. The minimum atomic E-state index is -5.15. The molecule has 4 fully saturated rings. The van der Waals surface area contributed by atoms with Crippen LogP contribution in [0.2, 0.25) is 0 Å². The van der Waals surface area contributed by atoms with Gasteiger partial charge in [-0.25, -0.2) is 8.96 Å².